The van der Waals surface area contributed by atoms with Gasteiger partial charge in [-0.15, -0.1) is 11.3 Å². The van der Waals surface area contributed by atoms with Crippen LogP contribution in [-0.2, 0) is 0 Å². The Bertz CT molecular complexity index is 880. The molecular formula is C17H12N4OS. The Morgan fingerprint density at radius 1 is 1.26 bits per heavy atom. The number of benzene rings is 1. The van der Waals surface area contributed by atoms with Crippen LogP contribution in [0.1, 0.15) is 16.1 Å². The minimum atomic E-state index is -0.322. The van der Waals surface area contributed by atoms with Crippen molar-refractivity contribution in [1.29, 1.82) is 5.26 Å². The van der Waals surface area contributed by atoms with E-state index < -0.39 is 0 Å². The Morgan fingerprint density at radius 3 is 2.78 bits per heavy atom. The number of nitrogens with zero attached hydrogens (tertiary/aromatic N) is 2. The zero-order valence-corrected chi connectivity index (χ0v) is 12.8. The first-order valence-electron chi connectivity index (χ1n) is 6.78. The second-order valence-electron chi connectivity index (χ2n) is 4.78. The monoisotopic (exact) mass is 320 g/mol. The Kier molecular flexibility index (Phi) is 4.04. The van der Waals surface area contributed by atoms with Crippen LogP contribution in [0.4, 0.5) is 11.4 Å². The van der Waals surface area contributed by atoms with Gasteiger partial charge >= 0.3 is 0 Å². The summed E-state index contributed by atoms with van der Waals surface area (Å²) >= 11 is 1.62. The molecule has 2 aromatic heterocycles. The fourth-order valence-electron chi connectivity index (χ4n) is 2.05. The summed E-state index contributed by atoms with van der Waals surface area (Å²) in [5, 5.41) is 13.5. The summed E-state index contributed by atoms with van der Waals surface area (Å²) in [6, 6.07) is 14.5. The van der Waals surface area contributed by atoms with E-state index in [1.165, 1.54) is 12.3 Å². The molecule has 3 N–H and O–H groups in total. The lowest BCUT2D eigenvalue weighted by atomic mass is 10.1. The van der Waals surface area contributed by atoms with E-state index >= 15 is 0 Å². The van der Waals surface area contributed by atoms with Gasteiger partial charge in [0.05, 0.1) is 16.9 Å². The van der Waals surface area contributed by atoms with Crippen molar-refractivity contribution in [3.05, 3.63) is 65.3 Å². The summed E-state index contributed by atoms with van der Waals surface area (Å²) < 4.78 is 0. The topological polar surface area (TPSA) is 91.8 Å². The number of nitrogens with two attached hydrogens (primary N) is 1. The standard InChI is InChI=1S/C17H12N4OS/c18-9-13-5-3-12(10-20-13)17(22)21-15-8-11(4-6-14(15)19)16-2-1-7-23-16/h1-8,10H,19H2,(H,21,22). The number of carbonyl (C=O) groups excluding carboxylic acids is 1. The van der Waals surface area contributed by atoms with Crippen molar-refractivity contribution in [2.75, 3.05) is 11.1 Å². The van der Waals surface area contributed by atoms with Gasteiger partial charge in [-0.1, -0.05) is 12.1 Å². The molecule has 112 valence electrons. The first kappa shape index (κ1) is 14.8. The molecule has 6 heteroatoms. The third-order valence-electron chi connectivity index (χ3n) is 3.25. The van der Waals surface area contributed by atoms with Crippen molar-refractivity contribution in [2.24, 2.45) is 0 Å². The Morgan fingerprint density at radius 2 is 2.13 bits per heavy atom. The largest absolute Gasteiger partial charge is 0.397 e. The van der Waals surface area contributed by atoms with E-state index in [0.29, 0.717) is 16.9 Å². The van der Waals surface area contributed by atoms with E-state index in [1.807, 2.05) is 35.7 Å². The highest BCUT2D eigenvalue weighted by Crippen LogP contribution is 2.30. The lowest BCUT2D eigenvalue weighted by Crippen LogP contribution is -2.13. The zero-order chi connectivity index (χ0) is 16.2. The van der Waals surface area contributed by atoms with Crippen molar-refractivity contribution >= 4 is 28.6 Å². The number of thiophene rings is 1. The maximum Gasteiger partial charge on any atom is 0.257 e. The van der Waals surface area contributed by atoms with E-state index in [1.54, 1.807) is 23.5 Å². The van der Waals surface area contributed by atoms with Crippen LogP contribution < -0.4 is 11.1 Å². The normalized spacial score (nSPS) is 10.0. The number of amides is 1. The fourth-order valence-corrected chi connectivity index (χ4v) is 2.77. The van der Waals surface area contributed by atoms with Crippen molar-refractivity contribution in [1.82, 2.24) is 4.98 Å². The van der Waals surface area contributed by atoms with E-state index in [-0.39, 0.29) is 11.6 Å². The number of rotatable bonds is 3. The summed E-state index contributed by atoms with van der Waals surface area (Å²) in [6.45, 7) is 0. The molecule has 0 bridgehead atoms. The molecule has 0 unspecified atom stereocenters. The van der Waals surface area contributed by atoms with Gasteiger partial charge in [0, 0.05) is 11.1 Å². The van der Waals surface area contributed by atoms with Crippen LogP contribution in [-0.4, -0.2) is 10.9 Å². The number of nitrogen functional groups attached to an aromatic ring is 1. The summed E-state index contributed by atoms with van der Waals surface area (Å²) in [5.41, 5.74) is 8.60. The lowest BCUT2D eigenvalue weighted by Gasteiger charge is -2.10. The minimum Gasteiger partial charge on any atom is -0.397 e. The number of hydrogen-bond donors (Lipinski definition) is 2. The third-order valence-corrected chi connectivity index (χ3v) is 4.17. The van der Waals surface area contributed by atoms with Gasteiger partial charge in [0.2, 0.25) is 0 Å². The van der Waals surface area contributed by atoms with Crippen LogP contribution in [0.15, 0.2) is 54.0 Å². The van der Waals surface area contributed by atoms with Gasteiger partial charge in [0.15, 0.2) is 0 Å². The van der Waals surface area contributed by atoms with Crippen LogP contribution in [0.3, 0.4) is 0 Å². The lowest BCUT2D eigenvalue weighted by molar-refractivity contribution is 0.102. The Labute approximate surface area is 137 Å². The Balaban J connectivity index is 1.85. The number of anilines is 2. The van der Waals surface area contributed by atoms with Crippen molar-refractivity contribution in [2.45, 2.75) is 0 Å². The number of hydrogen-bond acceptors (Lipinski definition) is 5. The molecule has 0 radical (unpaired) electrons. The van der Waals surface area contributed by atoms with Gasteiger partial charge in [-0.25, -0.2) is 4.98 Å². The van der Waals surface area contributed by atoms with Crippen LogP contribution in [0.25, 0.3) is 10.4 Å². The van der Waals surface area contributed by atoms with Gasteiger partial charge in [0.25, 0.3) is 5.91 Å². The molecule has 0 aliphatic carbocycles. The molecular weight excluding hydrogens is 308 g/mol. The number of nitriles is 1. The molecule has 3 rings (SSSR count). The third kappa shape index (κ3) is 3.20. The summed E-state index contributed by atoms with van der Waals surface area (Å²) in [7, 11) is 0. The van der Waals surface area contributed by atoms with E-state index in [0.717, 1.165) is 10.4 Å². The van der Waals surface area contributed by atoms with E-state index in [2.05, 4.69) is 10.3 Å². The maximum atomic E-state index is 12.3. The van der Waals surface area contributed by atoms with Gasteiger partial charge < -0.3 is 11.1 Å². The smallest absolute Gasteiger partial charge is 0.257 e. The maximum absolute atomic E-state index is 12.3. The molecule has 1 aromatic carbocycles. The highest BCUT2D eigenvalue weighted by atomic mass is 32.1. The predicted molar refractivity (Wildman–Crippen MR) is 91.1 cm³/mol. The molecule has 0 spiro atoms. The Hall–Kier alpha value is -3.17. The van der Waals surface area contributed by atoms with Gasteiger partial charge in [-0.2, -0.15) is 5.26 Å². The molecule has 0 fully saturated rings. The molecule has 0 aliphatic heterocycles. The SMILES string of the molecule is N#Cc1ccc(C(=O)Nc2cc(-c3cccs3)ccc2N)cn1. The van der Waals surface area contributed by atoms with Crippen LogP contribution in [0.5, 0.6) is 0 Å². The van der Waals surface area contributed by atoms with Crippen molar-refractivity contribution in [3.63, 3.8) is 0 Å². The summed E-state index contributed by atoms with van der Waals surface area (Å²) in [4.78, 5) is 17.3. The quantitative estimate of drug-likeness (QED) is 0.722. The van der Waals surface area contributed by atoms with Gasteiger partial charge in [-0.3, -0.25) is 4.79 Å². The van der Waals surface area contributed by atoms with Crippen LogP contribution in [0.2, 0.25) is 0 Å². The van der Waals surface area contributed by atoms with Crippen LogP contribution >= 0.6 is 11.3 Å². The average Bonchev–Trinajstić information content (AvgIpc) is 3.11. The first-order valence-corrected chi connectivity index (χ1v) is 7.66. The minimum absolute atomic E-state index is 0.265. The van der Waals surface area contributed by atoms with Gasteiger partial charge in [-0.05, 0) is 41.3 Å². The van der Waals surface area contributed by atoms with Crippen molar-refractivity contribution < 1.29 is 4.79 Å². The number of nitrogens with one attached hydrogen (secondary N) is 1. The highest BCUT2D eigenvalue weighted by Gasteiger charge is 2.10. The number of carbonyl (C=O) groups is 1. The molecule has 3 aromatic rings. The number of aromatic nitrogens is 1. The molecule has 5 nitrogen and oxygen atoms in total. The molecule has 23 heavy (non-hydrogen) atoms. The fraction of sp³-hybridized carbons (Fsp3) is 0. The molecule has 2 heterocycles. The summed E-state index contributed by atoms with van der Waals surface area (Å²) in [5.74, 6) is -0.322. The molecule has 1 amide bonds. The first-order chi connectivity index (χ1) is 11.2. The highest BCUT2D eigenvalue weighted by molar-refractivity contribution is 7.13. The average molecular weight is 320 g/mol. The number of pyridine rings is 1. The van der Waals surface area contributed by atoms with E-state index in [4.69, 9.17) is 11.0 Å². The summed E-state index contributed by atoms with van der Waals surface area (Å²) in [6.07, 6.45) is 1.37. The molecule has 0 saturated carbocycles. The predicted octanol–water partition coefficient (Wildman–Crippen LogP) is 3.52. The zero-order valence-electron chi connectivity index (χ0n) is 12.0. The molecule has 0 saturated heterocycles. The van der Waals surface area contributed by atoms with E-state index in [9.17, 15) is 4.79 Å². The second-order valence-corrected chi connectivity index (χ2v) is 5.73. The van der Waals surface area contributed by atoms with Crippen LogP contribution in [0, 0.1) is 11.3 Å². The molecule has 0 atom stereocenters. The molecule has 0 aliphatic rings. The van der Waals surface area contributed by atoms with Crippen molar-refractivity contribution in [3.8, 4) is 16.5 Å². The second kappa shape index (κ2) is 6.30. The van der Waals surface area contributed by atoms with Gasteiger partial charge in [0.1, 0.15) is 11.8 Å².